The van der Waals surface area contributed by atoms with E-state index in [9.17, 15) is 4.79 Å². The Kier molecular flexibility index (Phi) is 3.85. The average Bonchev–Trinajstić information content (AvgIpc) is 1.65. The van der Waals surface area contributed by atoms with Gasteiger partial charge in [0.1, 0.15) is 0 Å². The molecular formula is C5H8INO. The number of carbonyl (C=O) groups excluding carboxylic acids is 1. The first kappa shape index (κ1) is 7.94. The van der Waals surface area contributed by atoms with Gasteiger partial charge in [0.2, 0.25) is 0 Å². The largest absolute Gasteiger partial charge is 0.383 e. The van der Waals surface area contributed by atoms with Crippen LogP contribution < -0.4 is 0 Å². The number of rotatable bonds is 2. The minimum absolute atomic E-state index is 0.715. The molecule has 2 nitrogen and oxygen atoms in total. The van der Waals surface area contributed by atoms with Crippen LogP contribution in [-0.2, 0) is 4.79 Å². The summed E-state index contributed by atoms with van der Waals surface area (Å²) in [5, 5.41) is 0. The van der Waals surface area contributed by atoms with Gasteiger partial charge in [-0.25, -0.2) is 0 Å². The van der Waals surface area contributed by atoms with Gasteiger partial charge in [0.15, 0.2) is 6.29 Å². The highest BCUT2D eigenvalue weighted by atomic mass is 127. The van der Waals surface area contributed by atoms with E-state index in [1.165, 1.54) is 0 Å². The summed E-state index contributed by atoms with van der Waals surface area (Å²) < 4.78 is 0.715. The van der Waals surface area contributed by atoms with Crippen molar-refractivity contribution in [1.29, 1.82) is 0 Å². The van der Waals surface area contributed by atoms with Crippen molar-refractivity contribution < 1.29 is 4.79 Å². The third kappa shape index (κ3) is 4.11. The topological polar surface area (TPSA) is 20.3 Å². The molecule has 0 saturated carbocycles. The van der Waals surface area contributed by atoms with Gasteiger partial charge < -0.3 is 4.90 Å². The maximum atomic E-state index is 9.94. The van der Waals surface area contributed by atoms with Crippen LogP contribution in [0, 0.1) is 0 Å². The first-order valence-corrected chi connectivity index (χ1v) is 3.23. The van der Waals surface area contributed by atoms with E-state index < -0.39 is 0 Å². The first-order chi connectivity index (χ1) is 3.66. The predicted octanol–water partition coefficient (Wildman–Crippen LogP) is 1.02. The van der Waals surface area contributed by atoms with Crippen LogP contribution >= 0.6 is 22.6 Å². The van der Waals surface area contributed by atoms with E-state index in [2.05, 4.69) is 0 Å². The lowest BCUT2D eigenvalue weighted by molar-refractivity contribution is -0.104. The standard InChI is InChI=1S/C5H8INO/c1-7(2)3-5(6)4-8/h3-4H,1-2H3/b5-3+. The zero-order valence-electron chi connectivity index (χ0n) is 4.89. The third-order valence-electron chi connectivity index (χ3n) is 0.494. The van der Waals surface area contributed by atoms with Crippen LogP contribution in [0.2, 0.25) is 0 Å². The molecule has 8 heavy (non-hydrogen) atoms. The van der Waals surface area contributed by atoms with Gasteiger partial charge in [-0.15, -0.1) is 0 Å². The molecule has 0 aromatic heterocycles. The molecule has 0 aliphatic rings. The van der Waals surface area contributed by atoms with E-state index in [-0.39, 0.29) is 0 Å². The van der Waals surface area contributed by atoms with Crippen LogP contribution in [0.1, 0.15) is 0 Å². The average molecular weight is 225 g/mol. The Labute approximate surface area is 62.7 Å². The molecule has 0 saturated heterocycles. The van der Waals surface area contributed by atoms with Crippen LogP contribution in [0.5, 0.6) is 0 Å². The number of nitrogens with zero attached hydrogens (tertiary/aromatic N) is 1. The number of allylic oxidation sites excluding steroid dienone is 1. The molecule has 0 N–H and O–H groups in total. The summed E-state index contributed by atoms with van der Waals surface area (Å²) in [7, 11) is 3.75. The Balaban J connectivity index is 3.74. The van der Waals surface area contributed by atoms with Gasteiger partial charge in [-0.1, -0.05) is 0 Å². The summed E-state index contributed by atoms with van der Waals surface area (Å²) in [6, 6.07) is 0. The molecule has 0 radical (unpaired) electrons. The Morgan fingerprint density at radius 1 is 1.62 bits per heavy atom. The van der Waals surface area contributed by atoms with Crippen molar-refractivity contribution in [3.05, 3.63) is 9.78 Å². The Morgan fingerprint density at radius 3 is 2.25 bits per heavy atom. The summed E-state index contributed by atoms with van der Waals surface area (Å²) in [6.07, 6.45) is 2.58. The molecule has 0 aliphatic carbocycles. The zero-order valence-corrected chi connectivity index (χ0v) is 7.05. The van der Waals surface area contributed by atoms with Crippen molar-refractivity contribution in [2.24, 2.45) is 0 Å². The summed E-state index contributed by atoms with van der Waals surface area (Å²) in [5.41, 5.74) is 0. The molecule has 0 amide bonds. The predicted molar refractivity (Wildman–Crippen MR) is 41.9 cm³/mol. The van der Waals surface area contributed by atoms with E-state index in [1.54, 1.807) is 6.20 Å². The molecule has 0 unspecified atom stereocenters. The maximum absolute atomic E-state index is 9.94. The SMILES string of the molecule is CN(C)/C=C(/I)C=O. The highest BCUT2D eigenvalue weighted by Crippen LogP contribution is 2.00. The molecule has 0 rings (SSSR count). The van der Waals surface area contributed by atoms with Crippen molar-refractivity contribution in [2.45, 2.75) is 0 Å². The van der Waals surface area contributed by atoms with Gasteiger partial charge in [-0.3, -0.25) is 4.79 Å². The number of halogens is 1. The number of aldehydes is 1. The monoisotopic (exact) mass is 225 g/mol. The molecule has 0 atom stereocenters. The molecular weight excluding hydrogens is 217 g/mol. The molecule has 0 heterocycles. The fourth-order valence-electron chi connectivity index (χ4n) is 0.277. The van der Waals surface area contributed by atoms with Crippen LogP contribution in [0.25, 0.3) is 0 Å². The van der Waals surface area contributed by atoms with Crippen molar-refractivity contribution in [1.82, 2.24) is 4.90 Å². The lowest BCUT2D eigenvalue weighted by Crippen LogP contribution is -2.01. The molecule has 0 aromatic rings. The van der Waals surface area contributed by atoms with Crippen molar-refractivity contribution >= 4 is 28.9 Å². The second-order valence-corrected chi connectivity index (χ2v) is 2.84. The van der Waals surface area contributed by atoms with Gasteiger partial charge in [0, 0.05) is 20.3 Å². The van der Waals surface area contributed by atoms with E-state index in [4.69, 9.17) is 0 Å². The summed E-state index contributed by atoms with van der Waals surface area (Å²) in [6.45, 7) is 0. The van der Waals surface area contributed by atoms with Crippen LogP contribution in [-0.4, -0.2) is 25.3 Å². The second kappa shape index (κ2) is 3.88. The van der Waals surface area contributed by atoms with E-state index in [0.717, 1.165) is 6.29 Å². The second-order valence-electron chi connectivity index (χ2n) is 1.60. The fraction of sp³-hybridized carbons (Fsp3) is 0.400. The molecule has 0 spiro atoms. The number of hydrogen-bond donors (Lipinski definition) is 0. The summed E-state index contributed by atoms with van der Waals surface area (Å²) in [5.74, 6) is 0. The lowest BCUT2D eigenvalue weighted by Gasteiger charge is -2.01. The van der Waals surface area contributed by atoms with Crippen LogP contribution in [0.3, 0.4) is 0 Å². The van der Waals surface area contributed by atoms with Gasteiger partial charge >= 0.3 is 0 Å². The lowest BCUT2D eigenvalue weighted by atomic mass is 10.6. The Hall–Kier alpha value is -0.0600. The molecule has 0 aliphatic heterocycles. The van der Waals surface area contributed by atoms with E-state index >= 15 is 0 Å². The molecule has 46 valence electrons. The van der Waals surface area contributed by atoms with Gasteiger partial charge in [-0.05, 0) is 22.6 Å². The number of carbonyl (C=O) groups is 1. The van der Waals surface area contributed by atoms with Crippen molar-refractivity contribution in [2.75, 3.05) is 14.1 Å². The minimum Gasteiger partial charge on any atom is -0.383 e. The summed E-state index contributed by atoms with van der Waals surface area (Å²) >= 11 is 1.97. The van der Waals surface area contributed by atoms with Crippen LogP contribution in [0.15, 0.2) is 9.78 Å². The van der Waals surface area contributed by atoms with Crippen LogP contribution in [0.4, 0.5) is 0 Å². The minimum atomic E-state index is 0.715. The smallest absolute Gasteiger partial charge is 0.157 e. The van der Waals surface area contributed by atoms with E-state index in [1.807, 2.05) is 41.6 Å². The fourth-order valence-corrected chi connectivity index (χ4v) is 0.834. The summed E-state index contributed by atoms with van der Waals surface area (Å²) in [4.78, 5) is 11.8. The van der Waals surface area contributed by atoms with Gasteiger partial charge in [0.05, 0.1) is 3.58 Å². The third-order valence-corrected chi connectivity index (χ3v) is 1.03. The molecule has 0 bridgehead atoms. The zero-order chi connectivity index (χ0) is 6.57. The number of hydrogen-bond acceptors (Lipinski definition) is 2. The molecule has 3 heteroatoms. The van der Waals surface area contributed by atoms with E-state index in [0.29, 0.717) is 3.58 Å². The van der Waals surface area contributed by atoms with Crippen molar-refractivity contribution in [3.63, 3.8) is 0 Å². The Morgan fingerprint density at radius 2 is 2.12 bits per heavy atom. The van der Waals surface area contributed by atoms with Gasteiger partial charge in [-0.2, -0.15) is 0 Å². The highest BCUT2D eigenvalue weighted by Gasteiger charge is 1.84. The normalized spacial score (nSPS) is 11.1. The molecule has 0 aromatic carbocycles. The highest BCUT2D eigenvalue weighted by molar-refractivity contribution is 14.1. The molecule has 0 fully saturated rings. The first-order valence-electron chi connectivity index (χ1n) is 2.15. The quantitative estimate of drug-likeness (QED) is 0.397. The van der Waals surface area contributed by atoms with Crippen molar-refractivity contribution in [3.8, 4) is 0 Å². The maximum Gasteiger partial charge on any atom is 0.157 e. The Bertz CT molecular complexity index is 109. The van der Waals surface area contributed by atoms with Gasteiger partial charge in [0.25, 0.3) is 0 Å².